The van der Waals surface area contributed by atoms with Crippen LogP contribution in [0.4, 0.5) is 5.69 Å². The molecule has 0 amide bonds. The van der Waals surface area contributed by atoms with E-state index in [9.17, 15) is 10.2 Å². The van der Waals surface area contributed by atoms with Crippen molar-refractivity contribution >= 4 is 23.5 Å². The molecule has 1 heterocycles. The van der Waals surface area contributed by atoms with Gasteiger partial charge >= 0.3 is 0 Å². The van der Waals surface area contributed by atoms with Gasteiger partial charge in [0, 0.05) is 17.3 Å². The maximum Gasteiger partial charge on any atom is 0.145 e. The number of hydrazone groups is 1. The quantitative estimate of drug-likeness (QED) is 0.598. The molecule has 5 nitrogen and oxygen atoms in total. The number of nitrogens with one attached hydrogen (secondary N) is 1. The molecule has 0 fully saturated rings. The molecule has 1 aromatic heterocycles. The van der Waals surface area contributed by atoms with Gasteiger partial charge in [0.05, 0.1) is 29.2 Å². The Labute approximate surface area is 121 Å². The molecule has 0 aliphatic heterocycles. The Morgan fingerprint density at radius 3 is 2.85 bits per heavy atom. The van der Waals surface area contributed by atoms with E-state index in [2.05, 4.69) is 15.5 Å². The largest absolute Gasteiger partial charge is 0.505 e. The van der Waals surface area contributed by atoms with Crippen molar-refractivity contribution in [1.29, 1.82) is 0 Å². The number of anilines is 1. The summed E-state index contributed by atoms with van der Waals surface area (Å²) >= 11 is 5.99. The summed E-state index contributed by atoms with van der Waals surface area (Å²) in [5, 5.41) is 23.8. The van der Waals surface area contributed by atoms with Gasteiger partial charge in [-0.25, -0.2) is 0 Å². The van der Waals surface area contributed by atoms with Crippen LogP contribution < -0.4 is 5.43 Å². The third-order valence-electron chi connectivity index (χ3n) is 2.78. The van der Waals surface area contributed by atoms with E-state index < -0.39 is 0 Å². The van der Waals surface area contributed by atoms with E-state index in [-0.39, 0.29) is 12.4 Å². The zero-order valence-corrected chi connectivity index (χ0v) is 11.6. The molecule has 1 aromatic carbocycles. The molecule has 0 radical (unpaired) electrons. The molecular formula is C14H14ClN3O2. The smallest absolute Gasteiger partial charge is 0.145 e. The van der Waals surface area contributed by atoms with Crippen molar-refractivity contribution in [3.8, 4) is 5.75 Å². The summed E-state index contributed by atoms with van der Waals surface area (Å²) in [5.74, 6) is 0.00117. The summed E-state index contributed by atoms with van der Waals surface area (Å²) in [4.78, 5) is 3.98. The number of aromatic hydroxyl groups is 1. The van der Waals surface area contributed by atoms with Crippen LogP contribution in [-0.4, -0.2) is 21.4 Å². The van der Waals surface area contributed by atoms with Crippen molar-refractivity contribution < 1.29 is 10.2 Å². The van der Waals surface area contributed by atoms with E-state index in [1.54, 1.807) is 19.1 Å². The summed E-state index contributed by atoms with van der Waals surface area (Å²) in [7, 11) is 0. The molecule has 0 saturated heterocycles. The van der Waals surface area contributed by atoms with Crippen LogP contribution in [0.3, 0.4) is 0 Å². The van der Waals surface area contributed by atoms with Gasteiger partial charge in [0.1, 0.15) is 5.75 Å². The van der Waals surface area contributed by atoms with Crippen molar-refractivity contribution in [1.82, 2.24) is 4.98 Å². The van der Waals surface area contributed by atoms with Crippen LogP contribution in [0.5, 0.6) is 5.75 Å². The number of hydrogen-bond acceptors (Lipinski definition) is 5. The van der Waals surface area contributed by atoms with E-state index in [1.807, 2.05) is 12.1 Å². The highest BCUT2D eigenvalue weighted by atomic mass is 35.5. The minimum atomic E-state index is -0.228. The number of halogens is 1. The standard InChI is InChI=1S/C14H14ClN3O2/c1-9-14(20)11(10(8-19)6-16-9)7-17-18-13-5-3-2-4-12(13)15/h2-7,18-20H,8H2,1H3/b17-7+. The fourth-order valence-electron chi connectivity index (χ4n) is 1.64. The molecule has 0 unspecified atom stereocenters. The molecule has 3 N–H and O–H groups in total. The molecule has 0 spiro atoms. The minimum Gasteiger partial charge on any atom is -0.505 e. The lowest BCUT2D eigenvalue weighted by atomic mass is 10.1. The van der Waals surface area contributed by atoms with E-state index in [4.69, 9.17) is 11.6 Å². The number of aryl methyl sites for hydroxylation is 1. The molecule has 0 bridgehead atoms. The minimum absolute atomic E-state index is 0.00117. The number of rotatable bonds is 4. The fraction of sp³-hybridized carbons (Fsp3) is 0.143. The van der Waals surface area contributed by atoms with Gasteiger partial charge in [-0.05, 0) is 19.1 Å². The zero-order valence-electron chi connectivity index (χ0n) is 10.8. The number of aliphatic hydroxyl groups excluding tert-OH is 1. The average Bonchev–Trinajstić information content (AvgIpc) is 2.45. The number of nitrogens with zero attached hydrogens (tertiary/aromatic N) is 2. The monoisotopic (exact) mass is 291 g/mol. The maximum absolute atomic E-state index is 9.94. The van der Waals surface area contributed by atoms with Gasteiger partial charge in [-0.2, -0.15) is 5.10 Å². The van der Waals surface area contributed by atoms with E-state index >= 15 is 0 Å². The van der Waals surface area contributed by atoms with Crippen molar-refractivity contribution in [2.45, 2.75) is 13.5 Å². The van der Waals surface area contributed by atoms with Crippen LogP contribution >= 0.6 is 11.6 Å². The average molecular weight is 292 g/mol. The summed E-state index contributed by atoms with van der Waals surface area (Å²) in [6.45, 7) is 1.45. The molecule has 0 saturated carbocycles. The van der Waals surface area contributed by atoms with Crippen LogP contribution in [0.2, 0.25) is 5.02 Å². The number of benzene rings is 1. The Hall–Kier alpha value is -2.11. The lowest BCUT2D eigenvalue weighted by Gasteiger charge is -2.07. The van der Waals surface area contributed by atoms with Crippen LogP contribution in [-0.2, 0) is 6.61 Å². The Kier molecular flexibility index (Phi) is 4.55. The normalized spacial score (nSPS) is 10.9. The molecule has 0 aliphatic carbocycles. The molecule has 0 aliphatic rings. The fourth-order valence-corrected chi connectivity index (χ4v) is 1.82. The second kappa shape index (κ2) is 6.36. The number of aliphatic hydroxyl groups is 1. The van der Waals surface area contributed by atoms with E-state index in [0.29, 0.717) is 27.5 Å². The van der Waals surface area contributed by atoms with Gasteiger partial charge in [0.15, 0.2) is 0 Å². The second-order valence-electron chi connectivity index (χ2n) is 4.14. The lowest BCUT2D eigenvalue weighted by molar-refractivity contribution is 0.280. The maximum atomic E-state index is 9.94. The Bertz CT molecular complexity index is 644. The molecule has 2 aromatic rings. The first-order valence-corrected chi connectivity index (χ1v) is 6.33. The molecular weight excluding hydrogens is 278 g/mol. The van der Waals surface area contributed by atoms with Crippen molar-refractivity contribution in [3.63, 3.8) is 0 Å². The molecule has 6 heteroatoms. The number of hydrogen-bond donors (Lipinski definition) is 3. The van der Waals surface area contributed by atoms with Crippen LogP contribution in [0, 0.1) is 6.92 Å². The summed E-state index contributed by atoms with van der Waals surface area (Å²) in [5.41, 5.74) is 4.84. The first-order chi connectivity index (χ1) is 9.63. The molecule has 104 valence electrons. The third-order valence-corrected chi connectivity index (χ3v) is 3.11. The molecule has 2 rings (SSSR count). The lowest BCUT2D eigenvalue weighted by Crippen LogP contribution is -1.99. The molecule has 0 atom stereocenters. The Morgan fingerprint density at radius 1 is 1.40 bits per heavy atom. The highest BCUT2D eigenvalue weighted by molar-refractivity contribution is 6.33. The third kappa shape index (κ3) is 3.07. The van der Waals surface area contributed by atoms with Gasteiger partial charge in [-0.1, -0.05) is 23.7 Å². The van der Waals surface area contributed by atoms with Gasteiger partial charge in [-0.15, -0.1) is 0 Å². The Balaban J connectivity index is 2.24. The van der Waals surface area contributed by atoms with Crippen molar-refractivity contribution in [2.24, 2.45) is 5.10 Å². The SMILES string of the molecule is Cc1ncc(CO)c(/C=N/Nc2ccccc2Cl)c1O. The van der Waals surface area contributed by atoms with E-state index in [0.717, 1.165) is 0 Å². The van der Waals surface area contributed by atoms with Gasteiger partial charge in [0.2, 0.25) is 0 Å². The summed E-state index contributed by atoms with van der Waals surface area (Å²) in [6.07, 6.45) is 2.94. The summed E-state index contributed by atoms with van der Waals surface area (Å²) < 4.78 is 0. The number of pyridine rings is 1. The topological polar surface area (TPSA) is 77.7 Å². The summed E-state index contributed by atoms with van der Waals surface area (Å²) in [6, 6.07) is 7.17. The zero-order chi connectivity index (χ0) is 14.5. The van der Waals surface area contributed by atoms with Crippen molar-refractivity contribution in [3.05, 3.63) is 52.3 Å². The Morgan fingerprint density at radius 2 is 2.15 bits per heavy atom. The van der Waals surface area contributed by atoms with Crippen LogP contribution in [0.1, 0.15) is 16.8 Å². The van der Waals surface area contributed by atoms with Crippen LogP contribution in [0.25, 0.3) is 0 Å². The number of para-hydroxylation sites is 1. The van der Waals surface area contributed by atoms with Gasteiger partial charge < -0.3 is 10.2 Å². The first kappa shape index (κ1) is 14.3. The highest BCUT2D eigenvalue weighted by Crippen LogP contribution is 2.23. The predicted octanol–water partition coefficient (Wildman–Crippen LogP) is 2.69. The van der Waals surface area contributed by atoms with Crippen molar-refractivity contribution in [2.75, 3.05) is 5.43 Å². The van der Waals surface area contributed by atoms with Gasteiger partial charge in [-0.3, -0.25) is 10.4 Å². The van der Waals surface area contributed by atoms with Gasteiger partial charge in [0.25, 0.3) is 0 Å². The highest BCUT2D eigenvalue weighted by Gasteiger charge is 2.09. The molecule has 20 heavy (non-hydrogen) atoms. The second-order valence-corrected chi connectivity index (χ2v) is 4.55. The van der Waals surface area contributed by atoms with Crippen LogP contribution in [0.15, 0.2) is 35.6 Å². The first-order valence-electron chi connectivity index (χ1n) is 5.95. The number of aromatic nitrogens is 1. The predicted molar refractivity (Wildman–Crippen MR) is 79.2 cm³/mol. The van der Waals surface area contributed by atoms with E-state index in [1.165, 1.54) is 12.4 Å².